The fourth-order valence-corrected chi connectivity index (χ4v) is 4.45. The van der Waals surface area contributed by atoms with E-state index in [-0.39, 0.29) is 18.0 Å². The first-order valence-corrected chi connectivity index (χ1v) is 10.8. The number of carbonyl (C=O) groups excluding carboxylic acids is 1. The zero-order chi connectivity index (χ0) is 21.3. The van der Waals surface area contributed by atoms with Gasteiger partial charge in [-0.2, -0.15) is 0 Å². The van der Waals surface area contributed by atoms with E-state index in [2.05, 4.69) is 31.0 Å². The molecule has 0 saturated carbocycles. The summed E-state index contributed by atoms with van der Waals surface area (Å²) in [5.74, 6) is -0.144. The van der Waals surface area contributed by atoms with Crippen LogP contribution in [-0.4, -0.2) is 22.0 Å². The van der Waals surface area contributed by atoms with E-state index in [0.717, 1.165) is 16.8 Å². The number of rotatable bonds is 5. The third-order valence-corrected chi connectivity index (χ3v) is 6.26. The second-order valence-corrected chi connectivity index (χ2v) is 8.14. The van der Waals surface area contributed by atoms with Gasteiger partial charge in [-0.05, 0) is 49.6 Å². The van der Waals surface area contributed by atoms with E-state index >= 15 is 0 Å². The predicted octanol–water partition coefficient (Wildman–Crippen LogP) is 4.79. The molecular weight excluding hydrogens is 394 g/mol. The molecule has 1 amide bonds. The maximum atomic E-state index is 13.3. The Balaban J connectivity index is 1.72. The van der Waals surface area contributed by atoms with Crippen LogP contribution in [0.2, 0.25) is 0 Å². The van der Waals surface area contributed by atoms with Gasteiger partial charge in [0.25, 0.3) is 5.56 Å². The number of nitrogens with zero attached hydrogens (tertiary/aromatic N) is 3. The zero-order valence-electron chi connectivity index (χ0n) is 17.3. The number of aromatic nitrogens is 2. The third-order valence-electron chi connectivity index (χ3n) is 5.37. The van der Waals surface area contributed by atoms with Gasteiger partial charge in [0.05, 0.1) is 11.7 Å². The van der Waals surface area contributed by atoms with Crippen molar-refractivity contribution in [1.29, 1.82) is 0 Å². The van der Waals surface area contributed by atoms with Crippen LogP contribution >= 0.6 is 11.3 Å². The number of para-hydroxylation sites is 1. The van der Waals surface area contributed by atoms with Crippen LogP contribution in [0.1, 0.15) is 18.1 Å². The third kappa shape index (κ3) is 3.66. The molecule has 5 nitrogen and oxygen atoms in total. The number of aryl methyl sites for hydroxylation is 2. The predicted molar refractivity (Wildman–Crippen MR) is 123 cm³/mol. The summed E-state index contributed by atoms with van der Waals surface area (Å²) in [6.45, 7) is 6.53. The molecule has 0 bridgehead atoms. The van der Waals surface area contributed by atoms with E-state index in [0.29, 0.717) is 16.8 Å². The highest BCUT2D eigenvalue weighted by molar-refractivity contribution is 7.17. The quantitative estimate of drug-likeness (QED) is 0.469. The maximum Gasteiger partial charge on any atom is 0.263 e. The topological polar surface area (TPSA) is 55.2 Å². The van der Waals surface area contributed by atoms with Crippen molar-refractivity contribution in [3.05, 3.63) is 81.7 Å². The van der Waals surface area contributed by atoms with Crippen LogP contribution < -0.4 is 10.5 Å². The molecule has 0 radical (unpaired) electrons. The second-order valence-electron chi connectivity index (χ2n) is 7.28. The Morgan fingerprint density at radius 2 is 1.87 bits per heavy atom. The van der Waals surface area contributed by atoms with Crippen molar-refractivity contribution in [2.24, 2.45) is 0 Å². The lowest BCUT2D eigenvalue weighted by Gasteiger charge is -2.21. The van der Waals surface area contributed by atoms with Crippen LogP contribution in [0.3, 0.4) is 0 Å². The molecule has 4 rings (SSSR count). The van der Waals surface area contributed by atoms with E-state index in [9.17, 15) is 9.59 Å². The highest BCUT2D eigenvalue weighted by atomic mass is 32.1. The van der Waals surface area contributed by atoms with E-state index in [4.69, 9.17) is 0 Å². The van der Waals surface area contributed by atoms with Gasteiger partial charge in [0.1, 0.15) is 11.4 Å². The van der Waals surface area contributed by atoms with E-state index in [1.54, 1.807) is 4.90 Å². The van der Waals surface area contributed by atoms with Crippen LogP contribution in [-0.2, 0) is 11.3 Å². The van der Waals surface area contributed by atoms with Crippen molar-refractivity contribution >= 4 is 33.1 Å². The molecule has 2 aromatic heterocycles. The first kappa shape index (κ1) is 20.0. The number of thiophene rings is 1. The number of carbonyl (C=O) groups is 1. The minimum atomic E-state index is -0.188. The van der Waals surface area contributed by atoms with Crippen LogP contribution in [0.15, 0.2) is 65.0 Å². The summed E-state index contributed by atoms with van der Waals surface area (Å²) >= 11 is 1.45. The SMILES string of the molecule is CCN(C(=O)Cn1cnc2scc(-c3ccc(C)c(C)c3)c2c1=O)c1ccccc1. The molecular formula is C24H23N3O2S. The number of amides is 1. The Labute approximate surface area is 179 Å². The number of hydrogen-bond acceptors (Lipinski definition) is 4. The molecule has 30 heavy (non-hydrogen) atoms. The minimum Gasteiger partial charge on any atom is -0.311 e. The van der Waals surface area contributed by atoms with Crippen LogP contribution in [0.25, 0.3) is 21.3 Å². The number of benzene rings is 2. The van der Waals surface area contributed by atoms with Crippen molar-refractivity contribution in [3.63, 3.8) is 0 Å². The molecule has 0 aliphatic heterocycles. The van der Waals surface area contributed by atoms with Gasteiger partial charge in [0, 0.05) is 23.2 Å². The van der Waals surface area contributed by atoms with Gasteiger partial charge >= 0.3 is 0 Å². The molecule has 2 aromatic carbocycles. The number of likely N-dealkylation sites (N-methyl/N-ethyl adjacent to an activating group) is 1. The lowest BCUT2D eigenvalue weighted by Crippen LogP contribution is -2.36. The first-order chi connectivity index (χ1) is 14.5. The normalized spacial score (nSPS) is 11.0. The molecule has 0 aliphatic rings. The highest BCUT2D eigenvalue weighted by Crippen LogP contribution is 2.31. The largest absolute Gasteiger partial charge is 0.311 e. The Morgan fingerprint density at radius 3 is 2.57 bits per heavy atom. The molecule has 152 valence electrons. The molecule has 0 aliphatic carbocycles. The molecule has 0 fully saturated rings. The monoisotopic (exact) mass is 417 g/mol. The molecule has 0 unspecified atom stereocenters. The summed E-state index contributed by atoms with van der Waals surface area (Å²) in [5.41, 5.74) is 4.87. The van der Waals surface area contributed by atoms with Crippen LogP contribution in [0.5, 0.6) is 0 Å². The maximum absolute atomic E-state index is 13.3. The molecule has 0 spiro atoms. The molecule has 0 N–H and O–H groups in total. The molecule has 4 aromatic rings. The van der Waals surface area contributed by atoms with Crippen molar-refractivity contribution in [2.45, 2.75) is 27.3 Å². The summed E-state index contributed by atoms with van der Waals surface area (Å²) in [6.07, 6.45) is 1.47. The smallest absolute Gasteiger partial charge is 0.263 e. The Hall–Kier alpha value is -3.25. The zero-order valence-corrected chi connectivity index (χ0v) is 18.1. The van der Waals surface area contributed by atoms with Gasteiger partial charge in [0.15, 0.2) is 0 Å². The number of anilines is 1. The van der Waals surface area contributed by atoms with Crippen LogP contribution in [0, 0.1) is 13.8 Å². The van der Waals surface area contributed by atoms with Crippen molar-refractivity contribution < 1.29 is 4.79 Å². The van der Waals surface area contributed by atoms with Gasteiger partial charge in [0.2, 0.25) is 5.91 Å². The van der Waals surface area contributed by atoms with Gasteiger partial charge in [-0.1, -0.05) is 36.4 Å². The fraction of sp³-hybridized carbons (Fsp3) is 0.208. The van der Waals surface area contributed by atoms with Crippen molar-refractivity contribution in [2.75, 3.05) is 11.4 Å². The van der Waals surface area contributed by atoms with Gasteiger partial charge in [-0.15, -0.1) is 11.3 Å². The summed E-state index contributed by atoms with van der Waals surface area (Å²) in [6, 6.07) is 15.7. The Bertz CT molecular complexity index is 1270. The molecule has 6 heteroatoms. The van der Waals surface area contributed by atoms with E-state index in [1.807, 2.05) is 48.7 Å². The average Bonchev–Trinajstić information content (AvgIpc) is 3.18. The highest BCUT2D eigenvalue weighted by Gasteiger charge is 2.18. The first-order valence-electron chi connectivity index (χ1n) is 9.89. The summed E-state index contributed by atoms with van der Waals surface area (Å²) in [7, 11) is 0. The second kappa shape index (κ2) is 8.24. The molecule has 0 saturated heterocycles. The fourth-order valence-electron chi connectivity index (χ4n) is 3.54. The van der Waals surface area contributed by atoms with Crippen molar-refractivity contribution in [1.82, 2.24) is 9.55 Å². The summed E-state index contributed by atoms with van der Waals surface area (Å²) in [4.78, 5) is 33.0. The van der Waals surface area contributed by atoms with E-state index < -0.39 is 0 Å². The lowest BCUT2D eigenvalue weighted by molar-refractivity contribution is -0.119. The van der Waals surface area contributed by atoms with Gasteiger partial charge in [-0.3, -0.25) is 14.2 Å². The molecule has 0 atom stereocenters. The minimum absolute atomic E-state index is 0.0489. The Kier molecular flexibility index (Phi) is 5.50. The van der Waals surface area contributed by atoms with E-state index in [1.165, 1.54) is 33.4 Å². The average molecular weight is 418 g/mol. The number of hydrogen-bond donors (Lipinski definition) is 0. The summed E-state index contributed by atoms with van der Waals surface area (Å²) < 4.78 is 1.41. The Morgan fingerprint density at radius 1 is 1.10 bits per heavy atom. The molecule has 2 heterocycles. The van der Waals surface area contributed by atoms with Crippen LogP contribution in [0.4, 0.5) is 5.69 Å². The number of fused-ring (bicyclic) bond motifs is 1. The van der Waals surface area contributed by atoms with Gasteiger partial charge < -0.3 is 4.90 Å². The van der Waals surface area contributed by atoms with Gasteiger partial charge in [-0.25, -0.2) is 4.98 Å². The standard InChI is InChI=1S/C24H23N3O2S/c1-4-27(19-8-6-5-7-9-19)21(28)13-26-15-25-23-22(24(26)29)20(14-30-23)18-11-10-16(2)17(3)12-18/h5-12,14-15H,4,13H2,1-3H3. The lowest BCUT2D eigenvalue weighted by atomic mass is 10.0. The summed E-state index contributed by atoms with van der Waals surface area (Å²) in [5, 5.41) is 2.54. The van der Waals surface area contributed by atoms with Crippen molar-refractivity contribution in [3.8, 4) is 11.1 Å².